The van der Waals surface area contributed by atoms with Gasteiger partial charge in [0.25, 0.3) is 0 Å². The van der Waals surface area contributed by atoms with Crippen LogP contribution in [0.3, 0.4) is 0 Å². The Morgan fingerprint density at radius 2 is 1.05 bits per heavy atom. The largest absolute Gasteiger partial charge is 0.394 e. The number of allylic oxidation sites excluding steroid dienone is 4. The van der Waals surface area contributed by atoms with Crippen molar-refractivity contribution in [2.45, 2.75) is 180 Å². The van der Waals surface area contributed by atoms with Gasteiger partial charge >= 0.3 is 0 Å². The van der Waals surface area contributed by atoms with Gasteiger partial charge in [0.2, 0.25) is 5.91 Å². The average molecular weight is 552 g/mol. The first-order valence-corrected chi connectivity index (χ1v) is 16.6. The molecule has 0 saturated heterocycles. The Morgan fingerprint density at radius 1 is 0.615 bits per heavy atom. The summed E-state index contributed by atoms with van der Waals surface area (Å²) in [5, 5.41) is 33.1. The zero-order chi connectivity index (χ0) is 28.8. The lowest BCUT2D eigenvalue weighted by Crippen LogP contribution is -2.50. The highest BCUT2D eigenvalue weighted by molar-refractivity contribution is 5.76. The molecule has 0 radical (unpaired) electrons. The summed E-state index contributed by atoms with van der Waals surface area (Å²) >= 11 is 0. The van der Waals surface area contributed by atoms with E-state index in [4.69, 9.17) is 0 Å². The number of carbonyl (C=O) groups is 1. The van der Waals surface area contributed by atoms with Crippen molar-refractivity contribution in [3.63, 3.8) is 0 Å². The number of carbonyl (C=O) groups excluding carboxylic acids is 1. The van der Waals surface area contributed by atoms with Crippen LogP contribution in [0.2, 0.25) is 0 Å². The van der Waals surface area contributed by atoms with Gasteiger partial charge in [-0.15, -0.1) is 0 Å². The summed E-state index contributed by atoms with van der Waals surface area (Å²) in [4.78, 5) is 12.3. The van der Waals surface area contributed by atoms with Crippen LogP contribution in [-0.2, 0) is 4.79 Å². The van der Waals surface area contributed by atoms with Crippen molar-refractivity contribution >= 4 is 5.91 Å². The maximum atomic E-state index is 12.3. The fourth-order valence-corrected chi connectivity index (χ4v) is 4.88. The molecule has 39 heavy (non-hydrogen) atoms. The van der Waals surface area contributed by atoms with Crippen LogP contribution in [0.1, 0.15) is 162 Å². The van der Waals surface area contributed by atoms with Gasteiger partial charge in [-0.1, -0.05) is 128 Å². The fourth-order valence-electron chi connectivity index (χ4n) is 4.88. The highest BCUT2D eigenvalue weighted by atomic mass is 16.3. The number of aliphatic hydroxyl groups excluding tert-OH is 3. The quantitative estimate of drug-likeness (QED) is 0.0556. The summed E-state index contributed by atoms with van der Waals surface area (Å²) in [6, 6.07) is -0.825. The zero-order valence-corrected chi connectivity index (χ0v) is 25.8. The van der Waals surface area contributed by atoms with Crippen LogP contribution < -0.4 is 5.32 Å². The van der Waals surface area contributed by atoms with Gasteiger partial charge in [-0.3, -0.25) is 4.79 Å². The summed E-state index contributed by atoms with van der Waals surface area (Å²) in [7, 11) is 0. The molecular weight excluding hydrogens is 486 g/mol. The number of aliphatic hydroxyl groups is 3. The Kier molecular flexibility index (Phi) is 28.9. The first-order chi connectivity index (χ1) is 19.1. The highest BCUT2D eigenvalue weighted by Gasteiger charge is 2.26. The Hall–Kier alpha value is -1.17. The van der Waals surface area contributed by atoms with E-state index < -0.39 is 18.2 Å². The smallest absolute Gasteiger partial charge is 0.220 e. The number of hydrogen-bond acceptors (Lipinski definition) is 4. The zero-order valence-electron chi connectivity index (χ0n) is 25.8. The van der Waals surface area contributed by atoms with Crippen LogP contribution >= 0.6 is 0 Å². The lowest BCUT2D eigenvalue weighted by atomic mass is 10.0. The van der Waals surface area contributed by atoms with E-state index in [1.54, 1.807) is 0 Å². The molecule has 0 aromatic heterocycles. The summed E-state index contributed by atoms with van der Waals surface area (Å²) < 4.78 is 0. The molecule has 0 saturated carbocycles. The third-order valence-electron chi connectivity index (χ3n) is 7.54. The second kappa shape index (κ2) is 29.8. The minimum absolute atomic E-state index is 0.163. The van der Waals surface area contributed by atoms with Gasteiger partial charge in [0, 0.05) is 6.42 Å². The van der Waals surface area contributed by atoms with Crippen LogP contribution in [0.5, 0.6) is 0 Å². The molecule has 3 atom stereocenters. The molecule has 0 heterocycles. The van der Waals surface area contributed by atoms with Gasteiger partial charge in [0.05, 0.1) is 18.8 Å². The third kappa shape index (κ3) is 25.5. The number of unbranched alkanes of at least 4 members (excludes halogenated alkanes) is 17. The van der Waals surface area contributed by atoms with Crippen molar-refractivity contribution in [1.82, 2.24) is 5.32 Å². The second-order valence-electron chi connectivity index (χ2n) is 11.4. The number of amides is 1. The second-order valence-corrected chi connectivity index (χ2v) is 11.4. The van der Waals surface area contributed by atoms with Crippen molar-refractivity contribution in [2.24, 2.45) is 0 Å². The minimum atomic E-state index is -1.16. The molecular formula is C34H65NO4. The highest BCUT2D eigenvalue weighted by Crippen LogP contribution is 2.13. The summed E-state index contributed by atoms with van der Waals surface area (Å²) in [5.74, 6) is -0.163. The van der Waals surface area contributed by atoms with Gasteiger partial charge in [-0.05, 0) is 51.4 Å². The van der Waals surface area contributed by atoms with E-state index in [2.05, 4.69) is 43.5 Å². The molecule has 0 aliphatic carbocycles. The first-order valence-electron chi connectivity index (χ1n) is 16.6. The van der Waals surface area contributed by atoms with Crippen LogP contribution in [0.25, 0.3) is 0 Å². The third-order valence-corrected chi connectivity index (χ3v) is 7.54. The molecule has 0 aromatic carbocycles. The van der Waals surface area contributed by atoms with Crippen molar-refractivity contribution in [2.75, 3.05) is 6.61 Å². The molecule has 1 amide bonds. The molecule has 0 rings (SSSR count). The SMILES string of the molecule is CCCCCCCC/C=C/CC/C=C/CCCC(O)C(O)C(CO)NC(=O)CCCCCCCCCCCC. The average Bonchev–Trinajstić information content (AvgIpc) is 2.94. The van der Waals surface area contributed by atoms with E-state index in [1.807, 2.05) is 0 Å². The molecule has 5 nitrogen and oxygen atoms in total. The number of hydrogen-bond donors (Lipinski definition) is 4. The van der Waals surface area contributed by atoms with Gasteiger partial charge < -0.3 is 20.6 Å². The Balaban J connectivity index is 3.82. The van der Waals surface area contributed by atoms with E-state index in [1.165, 1.54) is 89.9 Å². The predicted octanol–water partition coefficient (Wildman–Crippen LogP) is 8.31. The molecule has 4 N–H and O–H groups in total. The summed E-state index contributed by atoms with van der Waals surface area (Å²) in [6.07, 6.45) is 32.6. The molecule has 0 bridgehead atoms. The Morgan fingerprint density at radius 3 is 1.56 bits per heavy atom. The summed E-state index contributed by atoms with van der Waals surface area (Å²) in [6.45, 7) is 4.11. The Labute approximate surface area is 241 Å². The molecule has 0 aliphatic rings. The lowest BCUT2D eigenvalue weighted by molar-refractivity contribution is -0.124. The summed E-state index contributed by atoms with van der Waals surface area (Å²) in [5.41, 5.74) is 0. The van der Waals surface area contributed by atoms with Crippen LogP contribution in [0, 0.1) is 0 Å². The van der Waals surface area contributed by atoms with Crippen molar-refractivity contribution in [3.8, 4) is 0 Å². The van der Waals surface area contributed by atoms with Crippen LogP contribution in [0.4, 0.5) is 0 Å². The van der Waals surface area contributed by atoms with Gasteiger partial charge in [0.15, 0.2) is 0 Å². The fraction of sp³-hybridized carbons (Fsp3) is 0.853. The van der Waals surface area contributed by atoms with E-state index in [9.17, 15) is 20.1 Å². The van der Waals surface area contributed by atoms with E-state index in [0.29, 0.717) is 12.8 Å². The topological polar surface area (TPSA) is 89.8 Å². The lowest BCUT2D eigenvalue weighted by Gasteiger charge is -2.26. The van der Waals surface area contributed by atoms with Gasteiger partial charge in [-0.25, -0.2) is 0 Å². The minimum Gasteiger partial charge on any atom is -0.394 e. The molecule has 0 aromatic rings. The van der Waals surface area contributed by atoms with E-state index in [-0.39, 0.29) is 12.5 Å². The monoisotopic (exact) mass is 551 g/mol. The van der Waals surface area contributed by atoms with E-state index >= 15 is 0 Å². The maximum absolute atomic E-state index is 12.3. The number of rotatable bonds is 29. The number of nitrogens with one attached hydrogen (secondary N) is 1. The molecule has 0 fully saturated rings. The maximum Gasteiger partial charge on any atom is 0.220 e. The van der Waals surface area contributed by atoms with Crippen LogP contribution in [0.15, 0.2) is 24.3 Å². The Bertz CT molecular complexity index is 578. The van der Waals surface area contributed by atoms with Gasteiger partial charge in [0.1, 0.15) is 6.10 Å². The van der Waals surface area contributed by atoms with Crippen molar-refractivity contribution in [3.05, 3.63) is 24.3 Å². The van der Waals surface area contributed by atoms with Crippen molar-refractivity contribution < 1.29 is 20.1 Å². The molecule has 5 heteroatoms. The van der Waals surface area contributed by atoms with Crippen molar-refractivity contribution in [1.29, 1.82) is 0 Å². The van der Waals surface area contributed by atoms with Gasteiger partial charge in [-0.2, -0.15) is 0 Å². The first kappa shape index (κ1) is 37.8. The predicted molar refractivity (Wildman–Crippen MR) is 167 cm³/mol. The normalized spacial score (nSPS) is 14.3. The molecule has 0 spiro atoms. The van der Waals surface area contributed by atoms with E-state index in [0.717, 1.165) is 44.9 Å². The standard InChI is InChI=1S/C34H65NO4/c1-3-5-7-9-11-13-15-16-17-18-19-20-22-24-26-28-32(37)34(39)31(30-36)35-33(38)29-27-25-23-21-14-12-10-8-6-4-2/h16-17,20,22,31-32,34,36-37,39H,3-15,18-19,21,23-30H2,1-2H3,(H,35,38)/b17-16+,22-20+. The molecule has 0 aliphatic heterocycles. The molecule has 3 unspecified atom stereocenters. The molecule has 230 valence electrons. The van der Waals surface area contributed by atoms with Crippen LogP contribution in [-0.4, -0.2) is 46.1 Å².